The largest absolute Gasteiger partial charge is 0.396 e. The third kappa shape index (κ3) is 3.12. The number of aliphatic hydroxyl groups is 1. The lowest BCUT2D eigenvalue weighted by molar-refractivity contribution is 0.0846. The van der Waals surface area contributed by atoms with Crippen molar-refractivity contribution in [3.8, 4) is 0 Å². The van der Waals surface area contributed by atoms with Crippen molar-refractivity contribution in [3.63, 3.8) is 0 Å². The zero-order valence-corrected chi connectivity index (χ0v) is 12.8. The SMILES string of the molecule is OCCCCSc1nsnc1C1CN2CCC1CC2. The maximum absolute atomic E-state index is 8.81. The minimum Gasteiger partial charge on any atom is -0.396 e. The second kappa shape index (κ2) is 6.52. The molecule has 3 aliphatic heterocycles. The van der Waals surface area contributed by atoms with E-state index in [9.17, 15) is 0 Å². The highest BCUT2D eigenvalue weighted by molar-refractivity contribution is 7.99. The smallest absolute Gasteiger partial charge is 0.134 e. The summed E-state index contributed by atoms with van der Waals surface area (Å²) in [5.74, 6) is 2.48. The highest BCUT2D eigenvalue weighted by Gasteiger charge is 2.37. The first-order valence-corrected chi connectivity index (χ1v) is 8.88. The molecule has 1 N–H and O–H groups in total. The molecule has 0 aromatic carbocycles. The molecule has 0 amide bonds. The molecule has 0 aliphatic carbocycles. The monoisotopic (exact) mass is 299 g/mol. The van der Waals surface area contributed by atoms with Gasteiger partial charge in [0.05, 0.1) is 17.4 Å². The molecule has 19 heavy (non-hydrogen) atoms. The van der Waals surface area contributed by atoms with Crippen LogP contribution < -0.4 is 0 Å². The van der Waals surface area contributed by atoms with E-state index in [1.54, 1.807) is 0 Å². The molecule has 4 nitrogen and oxygen atoms in total. The number of piperidine rings is 3. The summed E-state index contributed by atoms with van der Waals surface area (Å²) in [5, 5.41) is 9.97. The zero-order chi connectivity index (χ0) is 13.1. The third-order valence-electron chi connectivity index (χ3n) is 4.28. The Labute approximate surface area is 122 Å². The molecule has 3 aliphatic rings. The first kappa shape index (κ1) is 13.8. The number of rotatable bonds is 6. The van der Waals surface area contributed by atoms with Gasteiger partial charge in [0.2, 0.25) is 0 Å². The third-order valence-corrected chi connectivity index (χ3v) is 6.01. The van der Waals surface area contributed by atoms with Crippen molar-refractivity contribution in [2.75, 3.05) is 32.0 Å². The lowest BCUT2D eigenvalue weighted by atomic mass is 9.78. The first-order chi connectivity index (χ1) is 9.38. The van der Waals surface area contributed by atoms with Crippen LogP contribution in [-0.2, 0) is 0 Å². The minimum absolute atomic E-state index is 0.294. The Morgan fingerprint density at radius 1 is 1.26 bits per heavy atom. The van der Waals surface area contributed by atoms with Crippen LogP contribution in [0.15, 0.2) is 5.03 Å². The van der Waals surface area contributed by atoms with Crippen LogP contribution in [0.5, 0.6) is 0 Å². The molecule has 1 unspecified atom stereocenters. The molecule has 106 valence electrons. The summed E-state index contributed by atoms with van der Waals surface area (Å²) in [6.07, 6.45) is 4.60. The van der Waals surface area contributed by atoms with Crippen LogP contribution in [0.3, 0.4) is 0 Å². The number of hydrogen-bond donors (Lipinski definition) is 1. The van der Waals surface area contributed by atoms with Gasteiger partial charge in [-0.2, -0.15) is 8.75 Å². The second-order valence-electron chi connectivity index (χ2n) is 5.48. The Bertz CT molecular complexity index is 404. The van der Waals surface area contributed by atoms with Crippen LogP contribution in [-0.4, -0.2) is 50.7 Å². The summed E-state index contributed by atoms with van der Waals surface area (Å²) < 4.78 is 9.08. The van der Waals surface area contributed by atoms with Gasteiger partial charge < -0.3 is 10.0 Å². The normalized spacial score (nSPS) is 29.8. The number of aliphatic hydroxyl groups excluding tert-OH is 1. The molecular formula is C13H21N3OS2. The minimum atomic E-state index is 0.294. The van der Waals surface area contributed by atoms with Gasteiger partial charge in [-0.1, -0.05) is 0 Å². The molecular weight excluding hydrogens is 278 g/mol. The summed E-state index contributed by atoms with van der Waals surface area (Å²) in [5.41, 5.74) is 1.26. The molecule has 2 bridgehead atoms. The van der Waals surface area contributed by atoms with Crippen LogP contribution in [0.25, 0.3) is 0 Å². The highest BCUT2D eigenvalue weighted by atomic mass is 32.2. The number of fused-ring (bicyclic) bond motifs is 3. The van der Waals surface area contributed by atoms with Crippen molar-refractivity contribution in [2.24, 2.45) is 5.92 Å². The van der Waals surface area contributed by atoms with Gasteiger partial charge in [-0.15, -0.1) is 11.8 Å². The van der Waals surface area contributed by atoms with Gasteiger partial charge >= 0.3 is 0 Å². The molecule has 1 aromatic heterocycles. The topological polar surface area (TPSA) is 49.3 Å². The van der Waals surface area contributed by atoms with E-state index in [0.29, 0.717) is 12.5 Å². The molecule has 1 aromatic rings. The maximum Gasteiger partial charge on any atom is 0.134 e. The summed E-state index contributed by atoms with van der Waals surface area (Å²) in [7, 11) is 0. The van der Waals surface area contributed by atoms with Gasteiger partial charge in [0.25, 0.3) is 0 Å². The van der Waals surface area contributed by atoms with Gasteiger partial charge in [0.1, 0.15) is 5.03 Å². The molecule has 0 saturated carbocycles. The quantitative estimate of drug-likeness (QED) is 0.645. The van der Waals surface area contributed by atoms with Crippen molar-refractivity contribution in [1.29, 1.82) is 0 Å². The molecule has 4 heterocycles. The van der Waals surface area contributed by atoms with Crippen LogP contribution in [0.1, 0.15) is 37.3 Å². The van der Waals surface area contributed by atoms with Crippen molar-refractivity contribution in [3.05, 3.63) is 5.69 Å². The van der Waals surface area contributed by atoms with E-state index in [0.717, 1.165) is 29.5 Å². The fourth-order valence-electron chi connectivity index (χ4n) is 3.17. The van der Waals surface area contributed by atoms with Crippen LogP contribution in [0.4, 0.5) is 0 Å². The number of aromatic nitrogens is 2. The molecule has 1 atom stereocenters. The molecule has 0 radical (unpaired) electrons. The Balaban J connectivity index is 1.63. The molecule has 3 saturated heterocycles. The van der Waals surface area contributed by atoms with E-state index in [1.807, 2.05) is 11.8 Å². The van der Waals surface area contributed by atoms with E-state index in [2.05, 4.69) is 13.6 Å². The van der Waals surface area contributed by atoms with Crippen molar-refractivity contribution in [1.82, 2.24) is 13.6 Å². The molecule has 6 heteroatoms. The van der Waals surface area contributed by atoms with E-state index in [4.69, 9.17) is 5.11 Å². The molecule has 0 spiro atoms. The summed E-state index contributed by atoms with van der Waals surface area (Å²) in [6.45, 7) is 4.03. The van der Waals surface area contributed by atoms with E-state index in [-0.39, 0.29) is 0 Å². The van der Waals surface area contributed by atoms with Crippen molar-refractivity contribution < 1.29 is 5.11 Å². The maximum atomic E-state index is 8.81. The van der Waals surface area contributed by atoms with Gasteiger partial charge in [0.15, 0.2) is 0 Å². The number of nitrogens with zero attached hydrogens (tertiary/aromatic N) is 3. The van der Waals surface area contributed by atoms with Crippen LogP contribution >= 0.6 is 23.5 Å². The van der Waals surface area contributed by atoms with Gasteiger partial charge in [-0.05, 0) is 50.4 Å². The number of unbranched alkanes of at least 4 members (excludes halogenated alkanes) is 1. The van der Waals surface area contributed by atoms with E-state index < -0.39 is 0 Å². The van der Waals surface area contributed by atoms with E-state index in [1.165, 1.54) is 49.9 Å². The summed E-state index contributed by atoms with van der Waals surface area (Å²) >= 11 is 3.18. The fraction of sp³-hybridized carbons (Fsp3) is 0.846. The zero-order valence-electron chi connectivity index (χ0n) is 11.1. The van der Waals surface area contributed by atoms with E-state index >= 15 is 0 Å². The molecule has 4 rings (SSSR count). The predicted molar refractivity (Wildman–Crippen MR) is 78.9 cm³/mol. The predicted octanol–water partition coefficient (Wildman–Crippen LogP) is 2.21. The average Bonchev–Trinajstić information content (AvgIpc) is 2.93. The lowest BCUT2D eigenvalue weighted by Crippen LogP contribution is -2.46. The van der Waals surface area contributed by atoms with Gasteiger partial charge in [-0.3, -0.25) is 0 Å². The average molecular weight is 299 g/mol. The Morgan fingerprint density at radius 2 is 2.11 bits per heavy atom. The molecule has 3 fully saturated rings. The standard InChI is InChI=1S/C13H21N3OS2/c17-7-1-2-8-18-13-12(14-19-15-13)11-9-16-5-3-10(11)4-6-16/h10-11,17H,1-9H2. The summed E-state index contributed by atoms with van der Waals surface area (Å²) in [6, 6.07) is 0. The lowest BCUT2D eigenvalue weighted by Gasteiger charge is -2.44. The second-order valence-corrected chi connectivity index (χ2v) is 7.09. The van der Waals surface area contributed by atoms with Crippen molar-refractivity contribution in [2.45, 2.75) is 36.6 Å². The van der Waals surface area contributed by atoms with Crippen LogP contribution in [0, 0.1) is 5.92 Å². The fourth-order valence-corrected chi connectivity index (χ4v) is 4.95. The Morgan fingerprint density at radius 3 is 2.79 bits per heavy atom. The number of thioether (sulfide) groups is 1. The Kier molecular flexibility index (Phi) is 4.73. The van der Waals surface area contributed by atoms with Crippen molar-refractivity contribution >= 4 is 23.5 Å². The summed E-state index contributed by atoms with van der Waals surface area (Å²) in [4.78, 5) is 2.57. The Hall–Kier alpha value is -0.170. The number of hydrogen-bond acceptors (Lipinski definition) is 6. The van der Waals surface area contributed by atoms with Gasteiger partial charge in [-0.25, -0.2) is 0 Å². The van der Waals surface area contributed by atoms with Crippen LogP contribution in [0.2, 0.25) is 0 Å². The first-order valence-electron chi connectivity index (χ1n) is 7.17. The highest BCUT2D eigenvalue weighted by Crippen LogP contribution is 2.41. The van der Waals surface area contributed by atoms with Gasteiger partial charge in [0, 0.05) is 19.1 Å².